The smallest absolute Gasteiger partial charge is 0.282 e. The van der Waals surface area contributed by atoms with Crippen molar-refractivity contribution in [1.82, 2.24) is 10.2 Å². The predicted molar refractivity (Wildman–Crippen MR) is 60.8 cm³/mol. The van der Waals surface area contributed by atoms with Gasteiger partial charge in [-0.25, -0.2) is 4.39 Å². The van der Waals surface area contributed by atoms with Crippen LogP contribution in [0.15, 0.2) is 11.4 Å². The van der Waals surface area contributed by atoms with E-state index in [4.69, 9.17) is 0 Å². The van der Waals surface area contributed by atoms with Crippen LogP contribution in [0.3, 0.4) is 0 Å². The van der Waals surface area contributed by atoms with Crippen LogP contribution in [-0.4, -0.2) is 36.5 Å². The quantitative estimate of drug-likeness (QED) is 0.700. The standard InChI is InChI=1S/C10H17FN2O.ClH/c1-7(2)9(11)10(14)13-5-4-12-6-8(13)3;/h8,12H,4-6H2,1-3H3;1H/t8-;/m0./s1. The van der Waals surface area contributed by atoms with Gasteiger partial charge in [-0.05, 0) is 26.3 Å². The number of nitrogens with one attached hydrogen (secondary N) is 1. The van der Waals surface area contributed by atoms with Gasteiger partial charge >= 0.3 is 0 Å². The van der Waals surface area contributed by atoms with Gasteiger partial charge in [0.2, 0.25) is 0 Å². The molecule has 0 aliphatic carbocycles. The summed E-state index contributed by atoms with van der Waals surface area (Å²) in [6, 6.07) is 0.0707. The number of amides is 1. The molecule has 1 aliphatic heterocycles. The van der Waals surface area contributed by atoms with Gasteiger partial charge in [-0.1, -0.05) is 0 Å². The summed E-state index contributed by atoms with van der Waals surface area (Å²) in [4.78, 5) is 13.2. The molecule has 1 fully saturated rings. The summed E-state index contributed by atoms with van der Waals surface area (Å²) in [5.41, 5.74) is 0.445. The summed E-state index contributed by atoms with van der Waals surface area (Å²) in [7, 11) is 0. The molecule has 0 bridgehead atoms. The molecule has 0 saturated carbocycles. The third-order valence-corrected chi connectivity index (χ3v) is 2.39. The number of nitrogens with zero attached hydrogens (tertiary/aromatic N) is 1. The van der Waals surface area contributed by atoms with Crippen LogP contribution in [-0.2, 0) is 4.79 Å². The van der Waals surface area contributed by atoms with Crippen LogP contribution in [0.5, 0.6) is 0 Å². The van der Waals surface area contributed by atoms with Gasteiger partial charge in [0.25, 0.3) is 5.91 Å². The van der Waals surface area contributed by atoms with Gasteiger partial charge in [0.05, 0.1) is 0 Å². The van der Waals surface area contributed by atoms with Crippen LogP contribution < -0.4 is 5.32 Å². The maximum Gasteiger partial charge on any atom is 0.282 e. The van der Waals surface area contributed by atoms with Gasteiger partial charge in [0.1, 0.15) is 0 Å². The number of hydrogen-bond acceptors (Lipinski definition) is 2. The van der Waals surface area contributed by atoms with Crippen molar-refractivity contribution in [2.45, 2.75) is 26.8 Å². The molecule has 0 spiro atoms. The molecule has 0 aromatic rings. The van der Waals surface area contributed by atoms with Crippen LogP contribution in [0.2, 0.25) is 0 Å². The topological polar surface area (TPSA) is 32.3 Å². The number of carbonyl (C=O) groups is 1. The molecule has 5 heteroatoms. The largest absolute Gasteiger partial charge is 0.331 e. The summed E-state index contributed by atoms with van der Waals surface area (Å²) in [6.07, 6.45) is 0. The fourth-order valence-corrected chi connectivity index (χ4v) is 1.48. The SMILES string of the molecule is CC(C)=C(F)C(=O)N1CCNC[C@@H]1C.Cl. The van der Waals surface area contributed by atoms with Crippen LogP contribution in [0.1, 0.15) is 20.8 Å². The predicted octanol–water partition coefficient (Wildman–Crippen LogP) is 1.49. The van der Waals surface area contributed by atoms with E-state index in [1.807, 2.05) is 6.92 Å². The Kier molecular flexibility index (Phi) is 5.83. The average molecular weight is 237 g/mol. The second kappa shape index (κ2) is 6.08. The summed E-state index contributed by atoms with van der Waals surface area (Å²) in [6.45, 7) is 7.21. The molecule has 1 rings (SSSR count). The number of carbonyl (C=O) groups excluding carboxylic acids is 1. The van der Waals surface area contributed by atoms with E-state index in [0.29, 0.717) is 12.1 Å². The highest BCUT2D eigenvalue weighted by Crippen LogP contribution is 2.12. The molecule has 1 saturated heterocycles. The highest BCUT2D eigenvalue weighted by molar-refractivity contribution is 5.92. The average Bonchev–Trinajstić information content (AvgIpc) is 2.16. The number of rotatable bonds is 1. The van der Waals surface area contributed by atoms with Gasteiger partial charge < -0.3 is 10.2 Å². The molecular weight excluding hydrogens is 219 g/mol. The fourth-order valence-electron chi connectivity index (χ4n) is 1.48. The van der Waals surface area contributed by atoms with E-state index in [0.717, 1.165) is 13.1 Å². The maximum atomic E-state index is 13.3. The minimum Gasteiger partial charge on any atom is -0.331 e. The summed E-state index contributed by atoms with van der Waals surface area (Å²) >= 11 is 0. The highest BCUT2D eigenvalue weighted by atomic mass is 35.5. The molecule has 3 nitrogen and oxygen atoms in total. The lowest BCUT2D eigenvalue weighted by atomic mass is 10.2. The molecule has 0 radical (unpaired) electrons. The summed E-state index contributed by atoms with van der Waals surface area (Å²) < 4.78 is 13.3. The first kappa shape index (κ1) is 14.4. The maximum absolute atomic E-state index is 13.3. The Morgan fingerprint density at radius 2 is 2.07 bits per heavy atom. The zero-order valence-corrected chi connectivity index (χ0v) is 10.2. The van der Waals surface area contributed by atoms with Gasteiger partial charge in [-0.3, -0.25) is 4.79 Å². The lowest BCUT2D eigenvalue weighted by Crippen LogP contribution is -2.52. The Bertz CT molecular complexity index is 264. The molecule has 0 unspecified atom stereocenters. The van der Waals surface area contributed by atoms with E-state index in [1.165, 1.54) is 0 Å². The first-order chi connectivity index (χ1) is 6.54. The van der Waals surface area contributed by atoms with Crippen LogP contribution in [0.4, 0.5) is 4.39 Å². The Morgan fingerprint density at radius 1 is 1.47 bits per heavy atom. The first-order valence-electron chi connectivity index (χ1n) is 4.88. The van der Waals surface area contributed by atoms with E-state index in [-0.39, 0.29) is 18.4 Å². The fraction of sp³-hybridized carbons (Fsp3) is 0.700. The number of piperazine rings is 1. The molecule has 1 N–H and O–H groups in total. The minimum absolute atomic E-state index is 0. The second-order valence-electron chi connectivity index (χ2n) is 3.87. The lowest BCUT2D eigenvalue weighted by molar-refractivity contribution is -0.131. The van der Waals surface area contributed by atoms with Crippen molar-refractivity contribution >= 4 is 18.3 Å². The first-order valence-corrected chi connectivity index (χ1v) is 4.88. The number of allylic oxidation sites excluding steroid dienone is 1. The number of halogens is 2. The molecule has 0 aromatic heterocycles. The molecule has 1 aliphatic rings. The molecule has 1 amide bonds. The van der Waals surface area contributed by atoms with E-state index < -0.39 is 11.7 Å². The van der Waals surface area contributed by atoms with Gasteiger partial charge in [-0.2, -0.15) is 0 Å². The summed E-state index contributed by atoms with van der Waals surface area (Å²) in [5.74, 6) is -1.09. The molecular formula is C10H18ClFN2O. The molecule has 88 valence electrons. The third kappa shape index (κ3) is 3.47. The van der Waals surface area contributed by atoms with Crippen molar-refractivity contribution in [3.63, 3.8) is 0 Å². The minimum atomic E-state index is -0.612. The van der Waals surface area contributed by atoms with E-state index in [2.05, 4.69) is 5.32 Å². The van der Waals surface area contributed by atoms with Crippen LogP contribution in [0.25, 0.3) is 0 Å². The summed E-state index contributed by atoms with van der Waals surface area (Å²) in [5, 5.41) is 3.16. The van der Waals surface area contributed by atoms with Crippen molar-refractivity contribution in [2.24, 2.45) is 0 Å². The van der Waals surface area contributed by atoms with E-state index in [9.17, 15) is 9.18 Å². The Balaban J connectivity index is 0.00000196. The van der Waals surface area contributed by atoms with E-state index in [1.54, 1.807) is 18.7 Å². The Morgan fingerprint density at radius 3 is 2.53 bits per heavy atom. The van der Waals surface area contributed by atoms with Gasteiger partial charge in [0, 0.05) is 25.7 Å². The van der Waals surface area contributed by atoms with Crippen LogP contribution in [0, 0.1) is 0 Å². The van der Waals surface area contributed by atoms with Gasteiger partial charge in [-0.15, -0.1) is 12.4 Å². The van der Waals surface area contributed by atoms with Crippen molar-refractivity contribution in [3.05, 3.63) is 11.4 Å². The Hall–Kier alpha value is -0.610. The van der Waals surface area contributed by atoms with Crippen molar-refractivity contribution in [2.75, 3.05) is 19.6 Å². The van der Waals surface area contributed by atoms with Crippen LogP contribution >= 0.6 is 12.4 Å². The zero-order valence-electron chi connectivity index (χ0n) is 9.34. The number of hydrogen-bond donors (Lipinski definition) is 1. The molecule has 1 atom stereocenters. The van der Waals surface area contributed by atoms with Crippen molar-refractivity contribution < 1.29 is 9.18 Å². The van der Waals surface area contributed by atoms with Crippen molar-refractivity contribution in [1.29, 1.82) is 0 Å². The Labute approximate surface area is 96.1 Å². The zero-order chi connectivity index (χ0) is 10.7. The molecule has 0 aromatic carbocycles. The van der Waals surface area contributed by atoms with Gasteiger partial charge in [0.15, 0.2) is 5.83 Å². The lowest BCUT2D eigenvalue weighted by Gasteiger charge is -2.33. The monoisotopic (exact) mass is 236 g/mol. The normalized spacial score (nSPS) is 20.5. The van der Waals surface area contributed by atoms with E-state index >= 15 is 0 Å². The third-order valence-electron chi connectivity index (χ3n) is 2.39. The second-order valence-corrected chi connectivity index (χ2v) is 3.87. The highest BCUT2D eigenvalue weighted by Gasteiger charge is 2.26. The molecule has 1 heterocycles. The van der Waals surface area contributed by atoms with Crippen molar-refractivity contribution in [3.8, 4) is 0 Å². The molecule has 15 heavy (non-hydrogen) atoms.